The number of ether oxygens (including phenoxy) is 1. The third-order valence-electron chi connectivity index (χ3n) is 3.69. The first-order valence-corrected chi connectivity index (χ1v) is 8.07. The second-order valence-corrected chi connectivity index (χ2v) is 6.89. The van der Waals surface area contributed by atoms with Crippen LogP contribution in [-0.2, 0) is 6.42 Å². The van der Waals surface area contributed by atoms with E-state index in [1.165, 1.54) is 5.56 Å². The summed E-state index contributed by atoms with van der Waals surface area (Å²) in [5.41, 5.74) is 2.12. The molecule has 130 valence electrons. The fraction of sp³-hybridized carbons (Fsp3) is 0.611. The number of carbonyl (C=O) groups is 1. The Morgan fingerprint density at radius 3 is 2.65 bits per heavy atom. The summed E-state index contributed by atoms with van der Waals surface area (Å²) in [7, 11) is 1.65. The summed E-state index contributed by atoms with van der Waals surface area (Å²) < 4.78 is 5.33. The first-order valence-electron chi connectivity index (χ1n) is 8.07. The Balaban J connectivity index is 2.38. The van der Waals surface area contributed by atoms with Crippen LogP contribution >= 0.6 is 0 Å². The summed E-state index contributed by atoms with van der Waals surface area (Å²) >= 11 is 0. The van der Waals surface area contributed by atoms with Gasteiger partial charge >= 0.3 is 6.03 Å². The predicted molar refractivity (Wildman–Crippen MR) is 92.9 cm³/mol. The summed E-state index contributed by atoms with van der Waals surface area (Å²) in [5, 5.41) is 15.2. The van der Waals surface area contributed by atoms with Gasteiger partial charge in [0.25, 0.3) is 0 Å². The van der Waals surface area contributed by atoms with Crippen LogP contribution in [0.15, 0.2) is 18.2 Å². The van der Waals surface area contributed by atoms with Crippen molar-refractivity contribution >= 4 is 6.03 Å². The van der Waals surface area contributed by atoms with Crippen molar-refractivity contribution in [3.8, 4) is 5.75 Å². The molecule has 5 nitrogen and oxygen atoms in total. The minimum atomic E-state index is -0.372. The lowest BCUT2D eigenvalue weighted by Gasteiger charge is -2.26. The van der Waals surface area contributed by atoms with Crippen molar-refractivity contribution in [3.05, 3.63) is 29.3 Å². The van der Waals surface area contributed by atoms with Gasteiger partial charge in [0.1, 0.15) is 5.75 Å². The Kier molecular flexibility index (Phi) is 7.36. The Morgan fingerprint density at radius 2 is 2.04 bits per heavy atom. The number of methoxy groups -OCH3 is 1. The maximum Gasteiger partial charge on any atom is 0.314 e. The molecule has 0 aliphatic rings. The molecule has 0 fully saturated rings. The molecule has 0 bridgehead atoms. The highest BCUT2D eigenvalue weighted by Gasteiger charge is 2.20. The highest BCUT2D eigenvalue weighted by Crippen LogP contribution is 2.21. The molecule has 0 saturated carbocycles. The number of hydrogen-bond acceptors (Lipinski definition) is 3. The van der Waals surface area contributed by atoms with Gasteiger partial charge < -0.3 is 20.5 Å². The van der Waals surface area contributed by atoms with Crippen molar-refractivity contribution < 1.29 is 14.6 Å². The van der Waals surface area contributed by atoms with E-state index in [0.717, 1.165) is 17.7 Å². The van der Waals surface area contributed by atoms with Crippen molar-refractivity contribution in [2.75, 3.05) is 20.2 Å². The first-order chi connectivity index (χ1) is 10.7. The molecule has 0 heterocycles. The van der Waals surface area contributed by atoms with E-state index in [0.29, 0.717) is 19.5 Å². The smallest absolute Gasteiger partial charge is 0.314 e. The van der Waals surface area contributed by atoms with Gasteiger partial charge in [-0.3, -0.25) is 0 Å². The summed E-state index contributed by atoms with van der Waals surface area (Å²) in [6.07, 6.45) is 0.993. The van der Waals surface area contributed by atoms with Crippen molar-refractivity contribution in [1.29, 1.82) is 0 Å². The first kappa shape index (κ1) is 19.3. The van der Waals surface area contributed by atoms with Crippen LogP contribution in [0, 0.1) is 12.3 Å². The quantitative estimate of drug-likeness (QED) is 0.689. The molecule has 0 saturated heterocycles. The second kappa shape index (κ2) is 8.77. The van der Waals surface area contributed by atoms with Crippen molar-refractivity contribution in [2.45, 2.75) is 46.6 Å². The zero-order valence-electron chi connectivity index (χ0n) is 14.9. The monoisotopic (exact) mass is 322 g/mol. The average molecular weight is 322 g/mol. The molecule has 0 aliphatic heterocycles. The van der Waals surface area contributed by atoms with E-state index in [2.05, 4.69) is 16.7 Å². The van der Waals surface area contributed by atoms with Gasteiger partial charge in [-0.05, 0) is 43.7 Å². The van der Waals surface area contributed by atoms with Crippen LogP contribution in [0.4, 0.5) is 4.79 Å². The number of urea groups is 1. The Morgan fingerprint density at radius 1 is 1.35 bits per heavy atom. The largest absolute Gasteiger partial charge is 0.496 e. The molecule has 0 radical (unpaired) electrons. The second-order valence-electron chi connectivity index (χ2n) is 6.89. The third-order valence-corrected chi connectivity index (χ3v) is 3.69. The molecule has 3 N–H and O–H groups in total. The molecule has 2 amide bonds. The fourth-order valence-corrected chi connectivity index (χ4v) is 2.67. The Labute approximate surface area is 139 Å². The molecule has 0 aliphatic carbocycles. The van der Waals surface area contributed by atoms with Crippen molar-refractivity contribution in [3.63, 3.8) is 0 Å². The zero-order valence-corrected chi connectivity index (χ0v) is 14.9. The Hall–Kier alpha value is -1.75. The molecule has 23 heavy (non-hydrogen) atoms. The number of aliphatic hydroxyl groups excluding tert-OH is 1. The van der Waals surface area contributed by atoms with Crippen LogP contribution in [0.5, 0.6) is 5.75 Å². The normalized spacial score (nSPS) is 12.6. The molecule has 1 aromatic carbocycles. The summed E-state index contributed by atoms with van der Waals surface area (Å²) in [4.78, 5) is 11.9. The van der Waals surface area contributed by atoms with E-state index in [4.69, 9.17) is 4.74 Å². The molecule has 1 rings (SSSR count). The van der Waals surface area contributed by atoms with E-state index in [1.807, 2.05) is 32.9 Å². The highest BCUT2D eigenvalue weighted by atomic mass is 16.5. The zero-order chi connectivity index (χ0) is 17.5. The number of rotatable bonds is 8. The molecule has 1 aromatic rings. The maximum atomic E-state index is 11.9. The van der Waals surface area contributed by atoms with Gasteiger partial charge in [0.2, 0.25) is 0 Å². The van der Waals surface area contributed by atoms with Crippen LogP contribution in [-0.4, -0.2) is 37.4 Å². The van der Waals surface area contributed by atoms with Crippen LogP contribution in [0.3, 0.4) is 0 Å². The fourth-order valence-electron chi connectivity index (χ4n) is 2.67. The lowest BCUT2D eigenvalue weighted by atomic mass is 9.87. The van der Waals surface area contributed by atoms with Crippen molar-refractivity contribution in [2.24, 2.45) is 5.41 Å². The summed E-state index contributed by atoms with van der Waals surface area (Å²) in [6.45, 7) is 8.92. The summed E-state index contributed by atoms with van der Waals surface area (Å²) in [5.74, 6) is 0.843. The number of amides is 2. The van der Waals surface area contributed by atoms with Gasteiger partial charge in [0, 0.05) is 13.1 Å². The maximum absolute atomic E-state index is 11.9. The van der Waals surface area contributed by atoms with E-state index < -0.39 is 0 Å². The minimum Gasteiger partial charge on any atom is -0.496 e. The van der Waals surface area contributed by atoms with E-state index in [9.17, 15) is 9.90 Å². The van der Waals surface area contributed by atoms with Gasteiger partial charge in [-0.25, -0.2) is 4.79 Å². The minimum absolute atomic E-state index is 0.134. The number of hydrogen-bond donors (Lipinski definition) is 3. The predicted octanol–water partition coefficient (Wildman–Crippen LogP) is 2.64. The highest BCUT2D eigenvalue weighted by molar-refractivity contribution is 5.73. The van der Waals surface area contributed by atoms with Crippen LogP contribution in [0.1, 0.15) is 38.3 Å². The molecular formula is C18H30N2O3. The number of carbonyl (C=O) groups excluding carboxylic acids is 1. The number of aliphatic hydroxyl groups is 1. The molecular weight excluding hydrogens is 292 g/mol. The number of nitrogens with one attached hydrogen (secondary N) is 2. The van der Waals surface area contributed by atoms with Gasteiger partial charge in [-0.1, -0.05) is 31.5 Å². The third kappa shape index (κ3) is 7.37. The van der Waals surface area contributed by atoms with Gasteiger partial charge in [-0.15, -0.1) is 0 Å². The Bertz CT molecular complexity index is 513. The molecule has 1 atom stereocenters. The van der Waals surface area contributed by atoms with Crippen LogP contribution in [0.2, 0.25) is 0 Å². The van der Waals surface area contributed by atoms with Crippen LogP contribution in [0.25, 0.3) is 0 Å². The molecule has 5 heteroatoms. The molecule has 0 spiro atoms. The number of aryl methyl sites for hydroxylation is 1. The summed E-state index contributed by atoms with van der Waals surface area (Å²) in [6, 6.07) is 5.84. The van der Waals surface area contributed by atoms with Gasteiger partial charge in [0.05, 0.1) is 13.2 Å². The lowest BCUT2D eigenvalue weighted by molar-refractivity contribution is 0.129. The van der Waals surface area contributed by atoms with Gasteiger partial charge in [-0.2, -0.15) is 0 Å². The van der Waals surface area contributed by atoms with Crippen molar-refractivity contribution in [1.82, 2.24) is 10.6 Å². The lowest BCUT2D eigenvalue weighted by Crippen LogP contribution is -2.42. The van der Waals surface area contributed by atoms with E-state index >= 15 is 0 Å². The van der Waals surface area contributed by atoms with Gasteiger partial charge in [0.15, 0.2) is 0 Å². The topological polar surface area (TPSA) is 70.6 Å². The molecule has 1 unspecified atom stereocenters. The van der Waals surface area contributed by atoms with E-state index in [1.54, 1.807) is 14.0 Å². The molecule has 0 aromatic heterocycles. The van der Waals surface area contributed by atoms with Crippen LogP contribution < -0.4 is 15.4 Å². The van der Waals surface area contributed by atoms with E-state index in [-0.39, 0.29) is 17.6 Å². The average Bonchev–Trinajstić information content (AvgIpc) is 2.44. The standard InChI is InChI=1S/C18H30N2O3/c1-13-6-7-16(23-5)15(10-13)8-9-19-17(22)20-12-18(3,4)11-14(2)21/h6-7,10,14,21H,8-9,11-12H2,1-5H3,(H2,19,20,22). The SMILES string of the molecule is COc1ccc(C)cc1CCNC(=O)NCC(C)(C)CC(C)O. The number of benzene rings is 1.